The maximum Gasteiger partial charge on any atom is 0.406 e. The fourth-order valence-corrected chi connectivity index (χ4v) is 6.26. The van der Waals surface area contributed by atoms with E-state index in [1.807, 2.05) is 0 Å². The largest absolute Gasteiger partial charge is 0.462 e. The van der Waals surface area contributed by atoms with E-state index in [9.17, 15) is 28.8 Å². The predicted octanol–water partition coefficient (Wildman–Crippen LogP) is 2.65. The van der Waals surface area contributed by atoms with E-state index in [1.54, 1.807) is 34.6 Å². The van der Waals surface area contributed by atoms with Crippen LogP contribution in [0.15, 0.2) is 15.8 Å². The van der Waals surface area contributed by atoms with Gasteiger partial charge in [-0.3, -0.25) is 33.0 Å². The first-order valence-corrected chi connectivity index (χ1v) is 15.6. The normalized spacial score (nSPS) is 23.1. The molecule has 1 saturated heterocycles. The molecule has 0 amide bonds. The van der Waals surface area contributed by atoms with Crippen LogP contribution in [0, 0.1) is 12.3 Å². The Morgan fingerprint density at radius 1 is 1.27 bits per heavy atom. The fraction of sp³-hybridized carbons (Fsp3) is 0.739. The number of nitrogens with zero attached hydrogens (tertiary/aromatic N) is 1. The smallest absolute Gasteiger partial charge is 0.406 e. The third-order valence-corrected chi connectivity index (χ3v) is 9.21. The van der Waals surface area contributed by atoms with Gasteiger partial charge in [0.2, 0.25) is 0 Å². The number of rotatable bonds is 12. The summed E-state index contributed by atoms with van der Waals surface area (Å²) < 4.78 is 34.3. The topological polar surface area (TPSA) is 175 Å². The van der Waals surface area contributed by atoms with E-state index in [4.69, 9.17) is 41.7 Å². The van der Waals surface area contributed by atoms with E-state index in [2.05, 4.69) is 10.1 Å². The van der Waals surface area contributed by atoms with Gasteiger partial charge in [-0.2, -0.15) is 0 Å². The van der Waals surface area contributed by atoms with Crippen molar-refractivity contribution in [2.24, 2.45) is 5.41 Å². The van der Waals surface area contributed by atoms with Crippen LogP contribution in [-0.2, 0) is 32.7 Å². The average molecular weight is 648 g/mol. The van der Waals surface area contributed by atoms with Crippen LogP contribution in [-0.4, -0.2) is 73.4 Å². The molecule has 0 bridgehead atoms. The number of thioether (sulfide) groups is 1. The molecule has 1 aliphatic rings. The highest BCUT2D eigenvalue weighted by molar-refractivity contribution is 8.13. The van der Waals surface area contributed by atoms with E-state index >= 15 is 0 Å². The Bertz CT molecular complexity index is 1230. The van der Waals surface area contributed by atoms with Crippen molar-refractivity contribution in [3.8, 4) is 0 Å². The quantitative estimate of drug-likeness (QED) is 0.131. The molecule has 0 radical (unpaired) electrons. The van der Waals surface area contributed by atoms with Gasteiger partial charge in [0.15, 0.2) is 15.7 Å². The SMILES string of the molecule is Cc1cn([C@@H]2O[C@H](CO[P@@](=O)(N[C@@H](C)C(=O)OC(C)C)OCCSC(=O)C(C)(C)C)[C@@H](O)C2(Cl)Cl)c(=O)[nH]c1=O. The molecule has 1 aliphatic heterocycles. The maximum atomic E-state index is 13.6. The average Bonchev–Trinajstić information content (AvgIpc) is 3.05. The summed E-state index contributed by atoms with van der Waals surface area (Å²) in [4.78, 5) is 50.7. The number of hydrogen-bond donors (Lipinski definition) is 3. The van der Waals surface area contributed by atoms with Gasteiger partial charge in [-0.05, 0) is 27.7 Å². The van der Waals surface area contributed by atoms with Gasteiger partial charge in [0.1, 0.15) is 18.2 Å². The molecule has 2 rings (SSSR count). The van der Waals surface area contributed by atoms with Crippen LogP contribution in [0.2, 0.25) is 0 Å². The number of aliphatic hydroxyl groups is 1. The zero-order valence-electron chi connectivity index (χ0n) is 23.3. The van der Waals surface area contributed by atoms with E-state index in [-0.39, 0.29) is 23.0 Å². The van der Waals surface area contributed by atoms with Gasteiger partial charge in [0, 0.05) is 22.9 Å². The summed E-state index contributed by atoms with van der Waals surface area (Å²) in [5, 5.41) is 13.1. The Morgan fingerprint density at radius 2 is 1.90 bits per heavy atom. The minimum atomic E-state index is -4.28. The summed E-state index contributed by atoms with van der Waals surface area (Å²) in [5.74, 6) is -0.577. The Labute approximate surface area is 246 Å². The van der Waals surface area contributed by atoms with Crippen LogP contribution in [0.1, 0.15) is 53.3 Å². The molecule has 13 nitrogen and oxygen atoms in total. The molecule has 40 heavy (non-hydrogen) atoms. The number of carbonyl (C=O) groups excluding carboxylic acids is 2. The monoisotopic (exact) mass is 647 g/mol. The van der Waals surface area contributed by atoms with E-state index in [0.717, 1.165) is 16.3 Å². The van der Waals surface area contributed by atoms with Crippen LogP contribution < -0.4 is 16.3 Å². The number of esters is 1. The maximum absolute atomic E-state index is 13.6. The van der Waals surface area contributed by atoms with Crippen molar-refractivity contribution in [2.75, 3.05) is 19.0 Å². The number of aromatic nitrogens is 2. The van der Waals surface area contributed by atoms with Crippen LogP contribution in [0.3, 0.4) is 0 Å². The standard InChI is InChI=1S/C23H36Cl2N3O10PS/c1-12(2)37-18(31)14(4)27-39(34,35-8-9-40-20(32)22(5,6)7)36-11-15-16(29)23(24,25)19(38-15)28-10-13(3)17(30)26-21(28)33/h10,12,14-16,19,29H,8-9,11H2,1-7H3,(H,27,34)(H,26,30,33)/t14-,15+,16+,19+,39+/m0/s1. The van der Waals surface area contributed by atoms with Crippen molar-refractivity contribution in [3.63, 3.8) is 0 Å². The minimum absolute atomic E-state index is 0.101. The molecular weight excluding hydrogens is 612 g/mol. The number of aliphatic hydroxyl groups excluding tert-OH is 1. The molecule has 0 spiro atoms. The van der Waals surface area contributed by atoms with Gasteiger partial charge in [-0.15, -0.1) is 0 Å². The number of nitrogens with one attached hydrogen (secondary N) is 2. The molecule has 0 unspecified atom stereocenters. The molecule has 228 valence electrons. The molecule has 0 aliphatic carbocycles. The number of aromatic amines is 1. The Hall–Kier alpha value is -1.22. The molecule has 0 aromatic carbocycles. The van der Waals surface area contributed by atoms with Crippen LogP contribution in [0.4, 0.5) is 0 Å². The molecule has 3 N–H and O–H groups in total. The van der Waals surface area contributed by atoms with Gasteiger partial charge in [0.05, 0.1) is 19.3 Å². The number of H-pyrrole nitrogens is 1. The van der Waals surface area contributed by atoms with Crippen molar-refractivity contribution in [1.29, 1.82) is 0 Å². The second kappa shape index (κ2) is 13.8. The molecular formula is C23H36Cl2N3O10PS. The van der Waals surface area contributed by atoms with Crippen molar-refractivity contribution >= 4 is 53.8 Å². The molecule has 1 aromatic rings. The summed E-state index contributed by atoms with van der Waals surface area (Å²) in [6, 6.07) is -1.12. The number of aryl methyl sites for hydroxylation is 1. The summed E-state index contributed by atoms with van der Waals surface area (Å²) in [7, 11) is -4.28. The molecule has 5 atom stereocenters. The first kappa shape index (κ1) is 35.0. The number of carbonyl (C=O) groups is 2. The third kappa shape index (κ3) is 9.14. The van der Waals surface area contributed by atoms with Gasteiger partial charge in [-0.25, -0.2) is 14.4 Å². The van der Waals surface area contributed by atoms with Gasteiger partial charge >= 0.3 is 19.4 Å². The minimum Gasteiger partial charge on any atom is -0.462 e. The number of hydrogen-bond acceptors (Lipinski definition) is 11. The molecule has 1 aromatic heterocycles. The molecule has 2 heterocycles. The Morgan fingerprint density at radius 3 is 2.48 bits per heavy atom. The van der Waals surface area contributed by atoms with Crippen molar-refractivity contribution in [3.05, 3.63) is 32.6 Å². The lowest BCUT2D eigenvalue weighted by Gasteiger charge is -2.25. The highest BCUT2D eigenvalue weighted by Crippen LogP contribution is 2.49. The first-order chi connectivity index (χ1) is 18.3. The van der Waals surface area contributed by atoms with Gasteiger partial charge in [-0.1, -0.05) is 55.7 Å². The van der Waals surface area contributed by atoms with Gasteiger partial charge in [0.25, 0.3) is 5.56 Å². The van der Waals surface area contributed by atoms with Crippen LogP contribution in [0.25, 0.3) is 0 Å². The highest BCUT2D eigenvalue weighted by atomic mass is 35.5. The lowest BCUT2D eigenvalue weighted by Crippen LogP contribution is -2.42. The second-order valence-corrected chi connectivity index (χ2v) is 14.8. The highest BCUT2D eigenvalue weighted by Gasteiger charge is 2.56. The summed E-state index contributed by atoms with van der Waals surface area (Å²) in [6.07, 6.45) is -3.66. The molecule has 17 heteroatoms. The van der Waals surface area contributed by atoms with E-state index < -0.39 is 71.9 Å². The van der Waals surface area contributed by atoms with Crippen molar-refractivity contribution in [1.82, 2.24) is 14.6 Å². The van der Waals surface area contributed by atoms with Crippen LogP contribution >= 0.6 is 42.7 Å². The van der Waals surface area contributed by atoms with E-state index in [1.165, 1.54) is 20.0 Å². The van der Waals surface area contributed by atoms with Gasteiger partial charge < -0.3 is 14.6 Å². The fourth-order valence-electron chi connectivity index (χ4n) is 3.28. The number of ether oxygens (including phenoxy) is 2. The lowest BCUT2D eigenvalue weighted by molar-refractivity contribution is -0.149. The summed E-state index contributed by atoms with van der Waals surface area (Å²) in [5.41, 5.74) is -1.93. The summed E-state index contributed by atoms with van der Waals surface area (Å²) >= 11 is 13.7. The zero-order valence-corrected chi connectivity index (χ0v) is 26.5. The number of alkyl halides is 2. The Kier molecular flexibility index (Phi) is 12.1. The first-order valence-electron chi connectivity index (χ1n) is 12.4. The van der Waals surface area contributed by atoms with E-state index in [0.29, 0.717) is 0 Å². The molecule has 1 fully saturated rings. The van der Waals surface area contributed by atoms with Crippen molar-refractivity contribution in [2.45, 2.75) is 83.4 Å². The predicted molar refractivity (Wildman–Crippen MR) is 151 cm³/mol. The lowest BCUT2D eigenvalue weighted by atomic mass is 10.00. The molecule has 0 saturated carbocycles. The van der Waals surface area contributed by atoms with Crippen molar-refractivity contribution < 1.29 is 37.8 Å². The second-order valence-electron chi connectivity index (χ2n) is 10.5. The number of halogens is 2. The zero-order chi connectivity index (χ0) is 30.6. The Balaban J connectivity index is 2.19. The summed E-state index contributed by atoms with van der Waals surface area (Å²) in [6.45, 7) is 10.6. The van der Waals surface area contributed by atoms with Crippen LogP contribution in [0.5, 0.6) is 0 Å². The third-order valence-electron chi connectivity index (χ3n) is 5.43.